The summed E-state index contributed by atoms with van der Waals surface area (Å²) in [6.45, 7) is -0.0738. The van der Waals surface area contributed by atoms with Gasteiger partial charge in [-0.3, -0.25) is 4.79 Å². The molecule has 0 amide bonds. The third-order valence-electron chi connectivity index (χ3n) is 3.46. The van der Waals surface area contributed by atoms with Gasteiger partial charge < -0.3 is 23.7 Å². The van der Waals surface area contributed by atoms with Crippen LogP contribution in [-0.2, 0) is 11.3 Å². The minimum absolute atomic E-state index is 0.0991. The van der Waals surface area contributed by atoms with Crippen molar-refractivity contribution < 1.29 is 23.5 Å². The average Bonchev–Trinajstić information content (AvgIpc) is 3.28. The molecule has 0 fully saturated rings. The van der Waals surface area contributed by atoms with Crippen molar-refractivity contribution in [2.24, 2.45) is 0 Å². The normalized spacial score (nSPS) is 12.2. The number of carbonyl (C=O) groups excluding carboxylic acids is 1. The van der Waals surface area contributed by atoms with E-state index in [0.29, 0.717) is 22.9 Å². The summed E-state index contributed by atoms with van der Waals surface area (Å²) in [7, 11) is 0. The van der Waals surface area contributed by atoms with Crippen LogP contribution in [0.4, 0.5) is 0 Å². The molecule has 0 unspecified atom stereocenters. The van der Waals surface area contributed by atoms with Gasteiger partial charge in [0.25, 0.3) is 11.4 Å². The van der Waals surface area contributed by atoms with Crippen molar-refractivity contribution in [1.82, 2.24) is 15.1 Å². The van der Waals surface area contributed by atoms with Gasteiger partial charge in [-0.1, -0.05) is 5.16 Å². The molecule has 1 N–H and O–H groups in total. The van der Waals surface area contributed by atoms with Crippen LogP contribution in [0.1, 0.15) is 16.2 Å². The molecule has 1 aliphatic heterocycles. The SMILES string of the molecule is O=C(OCc1nc(-c2ccc3c(c2)OCO3)no1)c1ccc[nH]c1=O. The van der Waals surface area contributed by atoms with Crippen LogP contribution in [0, 0.1) is 0 Å². The summed E-state index contributed by atoms with van der Waals surface area (Å²) in [6.07, 6.45) is 1.43. The van der Waals surface area contributed by atoms with Gasteiger partial charge in [-0.15, -0.1) is 0 Å². The van der Waals surface area contributed by atoms with Crippen LogP contribution in [-0.4, -0.2) is 27.9 Å². The second-order valence-corrected chi connectivity index (χ2v) is 5.07. The fraction of sp³-hybridized carbons (Fsp3) is 0.125. The van der Waals surface area contributed by atoms with Crippen LogP contribution < -0.4 is 15.0 Å². The highest BCUT2D eigenvalue weighted by Crippen LogP contribution is 2.35. The fourth-order valence-electron chi connectivity index (χ4n) is 2.25. The standard InChI is InChI=1S/C16H11N3O6/c20-15-10(2-1-5-17-15)16(21)22-7-13-18-14(19-25-13)9-3-4-11-12(6-9)24-8-23-11/h1-6H,7-8H2,(H,17,20). The summed E-state index contributed by atoms with van der Waals surface area (Å²) in [5, 5.41) is 3.84. The first-order chi connectivity index (χ1) is 12.2. The Labute approximate surface area is 140 Å². The number of nitrogens with zero attached hydrogens (tertiary/aromatic N) is 2. The number of rotatable bonds is 4. The molecule has 3 heterocycles. The zero-order valence-electron chi connectivity index (χ0n) is 12.7. The Morgan fingerprint density at radius 1 is 1.24 bits per heavy atom. The number of hydrogen-bond donors (Lipinski definition) is 1. The Morgan fingerprint density at radius 3 is 3.00 bits per heavy atom. The molecule has 2 aromatic heterocycles. The Hall–Kier alpha value is -3.62. The van der Waals surface area contributed by atoms with Gasteiger partial charge in [0.15, 0.2) is 18.1 Å². The Bertz CT molecular complexity index is 993. The minimum atomic E-state index is -0.773. The number of ether oxygens (including phenoxy) is 3. The second kappa shape index (κ2) is 6.11. The first-order valence-corrected chi connectivity index (χ1v) is 7.28. The van der Waals surface area contributed by atoms with Gasteiger partial charge in [-0.25, -0.2) is 4.79 Å². The number of pyridine rings is 1. The van der Waals surface area contributed by atoms with Crippen molar-refractivity contribution in [3.8, 4) is 22.9 Å². The van der Waals surface area contributed by atoms with E-state index in [1.54, 1.807) is 18.2 Å². The molecule has 0 saturated carbocycles. The van der Waals surface area contributed by atoms with Gasteiger partial charge in [0, 0.05) is 11.8 Å². The number of benzene rings is 1. The molecule has 9 nitrogen and oxygen atoms in total. The maximum Gasteiger partial charge on any atom is 0.344 e. The molecule has 0 saturated heterocycles. The van der Waals surface area contributed by atoms with Crippen LogP contribution in [0.15, 0.2) is 45.8 Å². The number of esters is 1. The molecule has 4 rings (SSSR count). The Morgan fingerprint density at radius 2 is 2.12 bits per heavy atom. The van der Waals surface area contributed by atoms with Crippen molar-refractivity contribution in [2.75, 3.05) is 6.79 Å². The lowest BCUT2D eigenvalue weighted by Crippen LogP contribution is -2.18. The highest BCUT2D eigenvalue weighted by molar-refractivity contribution is 5.88. The first kappa shape index (κ1) is 14.9. The van der Waals surface area contributed by atoms with Gasteiger partial charge >= 0.3 is 5.97 Å². The Balaban J connectivity index is 1.46. The van der Waals surface area contributed by atoms with Crippen LogP contribution in [0.25, 0.3) is 11.4 Å². The van der Waals surface area contributed by atoms with Crippen LogP contribution in [0.5, 0.6) is 11.5 Å². The number of nitrogens with one attached hydrogen (secondary N) is 1. The van der Waals surface area contributed by atoms with E-state index >= 15 is 0 Å². The topological polar surface area (TPSA) is 117 Å². The smallest absolute Gasteiger partial charge is 0.344 e. The summed E-state index contributed by atoms with van der Waals surface area (Å²) in [4.78, 5) is 30.0. The van der Waals surface area contributed by atoms with Crippen molar-refractivity contribution in [2.45, 2.75) is 6.61 Å². The van der Waals surface area contributed by atoms with Crippen LogP contribution >= 0.6 is 0 Å². The third-order valence-corrected chi connectivity index (χ3v) is 3.46. The molecule has 1 aromatic carbocycles. The largest absolute Gasteiger partial charge is 0.454 e. The molecule has 0 spiro atoms. The zero-order chi connectivity index (χ0) is 17.2. The summed E-state index contributed by atoms with van der Waals surface area (Å²) in [5.41, 5.74) is 0.0437. The average molecular weight is 341 g/mol. The molecule has 25 heavy (non-hydrogen) atoms. The van der Waals surface area contributed by atoms with E-state index in [4.69, 9.17) is 18.7 Å². The van der Waals surface area contributed by atoms with Crippen LogP contribution in [0.3, 0.4) is 0 Å². The fourth-order valence-corrected chi connectivity index (χ4v) is 2.25. The van der Waals surface area contributed by atoms with E-state index in [2.05, 4.69) is 15.1 Å². The molecule has 0 aliphatic carbocycles. The maximum atomic E-state index is 11.9. The van der Waals surface area contributed by atoms with E-state index in [-0.39, 0.29) is 24.9 Å². The predicted molar refractivity (Wildman–Crippen MR) is 82.0 cm³/mol. The summed E-state index contributed by atoms with van der Waals surface area (Å²) in [5.74, 6) is 0.896. The van der Waals surface area contributed by atoms with Crippen molar-refractivity contribution in [3.05, 3.63) is 58.3 Å². The van der Waals surface area contributed by atoms with Crippen molar-refractivity contribution in [3.63, 3.8) is 0 Å². The van der Waals surface area contributed by atoms with Crippen LogP contribution in [0.2, 0.25) is 0 Å². The van der Waals surface area contributed by atoms with E-state index in [0.717, 1.165) is 0 Å². The highest BCUT2D eigenvalue weighted by Gasteiger charge is 2.18. The summed E-state index contributed by atoms with van der Waals surface area (Å²) >= 11 is 0. The quantitative estimate of drug-likeness (QED) is 0.710. The summed E-state index contributed by atoms with van der Waals surface area (Å²) < 4.78 is 20.6. The molecule has 0 atom stereocenters. The molecule has 3 aromatic rings. The molecule has 1 aliphatic rings. The lowest BCUT2D eigenvalue weighted by atomic mass is 10.2. The third kappa shape index (κ3) is 2.94. The monoisotopic (exact) mass is 341 g/mol. The van der Waals surface area contributed by atoms with Gasteiger partial charge in [0.05, 0.1) is 0 Å². The number of hydrogen-bond acceptors (Lipinski definition) is 8. The number of fused-ring (bicyclic) bond motifs is 1. The molecular formula is C16H11N3O6. The van der Waals surface area contributed by atoms with E-state index in [9.17, 15) is 9.59 Å². The highest BCUT2D eigenvalue weighted by atomic mass is 16.7. The minimum Gasteiger partial charge on any atom is -0.454 e. The number of aromatic nitrogens is 3. The molecule has 0 radical (unpaired) electrons. The van der Waals surface area contributed by atoms with Crippen molar-refractivity contribution in [1.29, 1.82) is 0 Å². The second-order valence-electron chi connectivity index (χ2n) is 5.07. The van der Waals surface area contributed by atoms with E-state index in [1.165, 1.54) is 18.3 Å². The predicted octanol–water partition coefficient (Wildman–Crippen LogP) is 1.51. The summed E-state index contributed by atoms with van der Waals surface area (Å²) in [6, 6.07) is 8.13. The van der Waals surface area contributed by atoms with Gasteiger partial charge in [-0.2, -0.15) is 4.98 Å². The van der Waals surface area contributed by atoms with Gasteiger partial charge in [0.2, 0.25) is 12.6 Å². The van der Waals surface area contributed by atoms with Crippen molar-refractivity contribution >= 4 is 5.97 Å². The van der Waals surface area contributed by atoms with E-state index < -0.39 is 11.5 Å². The van der Waals surface area contributed by atoms with Gasteiger partial charge in [0.1, 0.15) is 5.56 Å². The lowest BCUT2D eigenvalue weighted by molar-refractivity contribution is 0.0427. The number of carbonyl (C=O) groups is 1. The lowest BCUT2D eigenvalue weighted by Gasteiger charge is -2.00. The molecule has 126 valence electrons. The zero-order valence-corrected chi connectivity index (χ0v) is 12.7. The molecule has 0 bridgehead atoms. The maximum absolute atomic E-state index is 11.9. The first-order valence-electron chi connectivity index (χ1n) is 7.28. The Kier molecular flexibility index (Phi) is 3.65. The van der Waals surface area contributed by atoms with Gasteiger partial charge in [-0.05, 0) is 30.3 Å². The number of H-pyrrole nitrogens is 1. The molecule has 9 heteroatoms. The van der Waals surface area contributed by atoms with E-state index in [1.807, 2.05) is 0 Å². The molecular weight excluding hydrogens is 330 g/mol. The number of aromatic amines is 1.